The van der Waals surface area contributed by atoms with Crippen molar-refractivity contribution in [1.82, 2.24) is 0 Å². The quantitative estimate of drug-likeness (QED) is 0.338. The molecule has 2 nitrogen and oxygen atoms in total. The summed E-state index contributed by atoms with van der Waals surface area (Å²) >= 11 is 0. The van der Waals surface area contributed by atoms with E-state index in [0.717, 1.165) is 29.9 Å². The van der Waals surface area contributed by atoms with Gasteiger partial charge in [0.25, 0.3) is 0 Å². The summed E-state index contributed by atoms with van der Waals surface area (Å²) in [5.41, 5.74) is 2.95. The lowest BCUT2D eigenvalue weighted by Crippen LogP contribution is -1.97. The second-order valence-electron chi connectivity index (χ2n) is 6.15. The largest absolute Gasteiger partial charge is 0.494 e. The maximum absolute atomic E-state index is 6.99. The Morgan fingerprint density at radius 2 is 1.29 bits per heavy atom. The van der Waals surface area contributed by atoms with Crippen LogP contribution in [0.1, 0.15) is 51.9 Å². The van der Waals surface area contributed by atoms with Gasteiger partial charge in [-0.3, -0.25) is 0 Å². The number of nitrogens with zero attached hydrogens (tertiary/aromatic N) is 1. The van der Waals surface area contributed by atoms with E-state index in [0.29, 0.717) is 5.69 Å². The Hall–Kier alpha value is -2.27. The summed E-state index contributed by atoms with van der Waals surface area (Å²) in [5.74, 6) is 0.933. The highest BCUT2D eigenvalue weighted by molar-refractivity contribution is 5.66. The van der Waals surface area contributed by atoms with Crippen molar-refractivity contribution >= 4 is 5.69 Å². The van der Waals surface area contributed by atoms with Crippen LogP contribution in [0.2, 0.25) is 0 Å². The van der Waals surface area contributed by atoms with Crippen LogP contribution < -0.4 is 4.74 Å². The third kappa shape index (κ3) is 6.08. The van der Waals surface area contributed by atoms with E-state index in [9.17, 15) is 0 Å². The van der Waals surface area contributed by atoms with Crippen LogP contribution in [-0.4, -0.2) is 6.61 Å². The second-order valence-corrected chi connectivity index (χ2v) is 6.15. The van der Waals surface area contributed by atoms with Crippen LogP contribution in [-0.2, 0) is 0 Å². The lowest BCUT2D eigenvalue weighted by Gasteiger charge is -2.08. The third-order valence-corrected chi connectivity index (χ3v) is 4.20. The topological polar surface area (TPSA) is 13.6 Å². The average Bonchev–Trinajstić information content (AvgIpc) is 2.64. The van der Waals surface area contributed by atoms with Crippen LogP contribution in [0.3, 0.4) is 0 Å². The highest BCUT2D eigenvalue weighted by atomic mass is 16.5. The molecule has 0 aromatic heterocycles. The summed E-state index contributed by atoms with van der Waals surface area (Å²) in [4.78, 5) is 3.42. The predicted molar refractivity (Wildman–Crippen MR) is 102 cm³/mol. The molecule has 2 aromatic rings. The Morgan fingerprint density at radius 3 is 1.88 bits per heavy atom. The molecule has 0 bridgehead atoms. The Morgan fingerprint density at radius 1 is 0.750 bits per heavy atom. The molecule has 0 atom stereocenters. The van der Waals surface area contributed by atoms with Crippen molar-refractivity contribution in [1.29, 1.82) is 0 Å². The molecule has 0 fully saturated rings. The van der Waals surface area contributed by atoms with Gasteiger partial charge in [-0.05, 0) is 29.7 Å². The first-order valence-electron chi connectivity index (χ1n) is 9.04. The first-order valence-corrected chi connectivity index (χ1v) is 9.04. The van der Waals surface area contributed by atoms with E-state index in [2.05, 4.69) is 23.9 Å². The number of hydrogen-bond acceptors (Lipinski definition) is 1. The number of hydrogen-bond donors (Lipinski definition) is 0. The molecule has 0 amide bonds. The summed E-state index contributed by atoms with van der Waals surface area (Å²) in [5, 5.41) is 0. The van der Waals surface area contributed by atoms with E-state index in [4.69, 9.17) is 11.3 Å². The van der Waals surface area contributed by atoms with E-state index < -0.39 is 0 Å². The molecule has 0 aliphatic carbocycles. The molecule has 2 aromatic carbocycles. The Bertz CT molecular complexity index is 623. The first-order chi connectivity index (χ1) is 11.8. The van der Waals surface area contributed by atoms with Crippen LogP contribution in [0.5, 0.6) is 5.75 Å². The number of unbranched alkanes of at least 4 members (excludes halogenated alkanes) is 6. The van der Waals surface area contributed by atoms with Crippen molar-refractivity contribution in [2.24, 2.45) is 0 Å². The summed E-state index contributed by atoms with van der Waals surface area (Å²) in [6.07, 6.45) is 9.11. The molecule has 0 radical (unpaired) electrons. The first kappa shape index (κ1) is 18.1. The highest BCUT2D eigenvalue weighted by Gasteiger charge is 2.00. The molecule has 0 spiro atoms. The van der Waals surface area contributed by atoms with Crippen LogP contribution in [0.4, 0.5) is 5.69 Å². The van der Waals surface area contributed by atoms with Gasteiger partial charge in [0.15, 0.2) is 5.69 Å². The van der Waals surface area contributed by atoms with Gasteiger partial charge in [-0.15, -0.1) is 0 Å². The van der Waals surface area contributed by atoms with Gasteiger partial charge >= 0.3 is 0 Å². The van der Waals surface area contributed by atoms with Crippen LogP contribution in [0.25, 0.3) is 16.0 Å². The van der Waals surface area contributed by atoms with E-state index in [1.54, 1.807) is 0 Å². The summed E-state index contributed by atoms with van der Waals surface area (Å²) in [6.45, 7) is 10.0. The molecule has 0 saturated carbocycles. The molecule has 0 aliphatic rings. The lowest BCUT2D eigenvalue weighted by molar-refractivity contribution is 0.304. The number of rotatable bonds is 10. The van der Waals surface area contributed by atoms with E-state index in [1.807, 2.05) is 36.4 Å². The number of ether oxygens (including phenoxy) is 1. The van der Waals surface area contributed by atoms with E-state index in [1.165, 1.54) is 38.5 Å². The van der Waals surface area contributed by atoms with Gasteiger partial charge in [0.1, 0.15) is 5.75 Å². The van der Waals surface area contributed by atoms with Crippen LogP contribution in [0, 0.1) is 6.57 Å². The van der Waals surface area contributed by atoms with Crippen molar-refractivity contribution in [3.63, 3.8) is 0 Å². The van der Waals surface area contributed by atoms with Gasteiger partial charge in [0.2, 0.25) is 0 Å². The van der Waals surface area contributed by atoms with E-state index >= 15 is 0 Å². The highest BCUT2D eigenvalue weighted by Crippen LogP contribution is 2.24. The molecule has 0 N–H and O–H groups in total. The minimum atomic E-state index is 0.674. The molecule has 24 heavy (non-hydrogen) atoms. The molecule has 2 rings (SSSR count). The van der Waals surface area contributed by atoms with Crippen molar-refractivity contribution in [3.05, 3.63) is 59.9 Å². The normalized spacial score (nSPS) is 10.3. The fraction of sp³-hybridized carbons (Fsp3) is 0.409. The number of benzene rings is 2. The maximum atomic E-state index is 6.99. The fourth-order valence-electron chi connectivity index (χ4n) is 2.72. The van der Waals surface area contributed by atoms with Crippen LogP contribution in [0.15, 0.2) is 48.5 Å². The summed E-state index contributed by atoms with van der Waals surface area (Å²) < 4.78 is 5.82. The molecule has 0 heterocycles. The zero-order valence-electron chi connectivity index (χ0n) is 14.6. The van der Waals surface area contributed by atoms with Gasteiger partial charge in [0.05, 0.1) is 13.2 Å². The minimum absolute atomic E-state index is 0.674. The lowest BCUT2D eigenvalue weighted by atomic mass is 10.1. The fourth-order valence-corrected chi connectivity index (χ4v) is 2.72. The van der Waals surface area contributed by atoms with Gasteiger partial charge in [-0.25, -0.2) is 4.85 Å². The third-order valence-electron chi connectivity index (χ3n) is 4.20. The van der Waals surface area contributed by atoms with Gasteiger partial charge < -0.3 is 4.74 Å². The SMILES string of the molecule is [C-]#[N+]c1ccc(-c2ccc(OCCCCCCCCC)cc2)cc1. The molecule has 0 saturated heterocycles. The monoisotopic (exact) mass is 321 g/mol. The van der Waals surface area contributed by atoms with Gasteiger partial charge in [-0.2, -0.15) is 0 Å². The molecule has 126 valence electrons. The predicted octanol–water partition coefficient (Wildman–Crippen LogP) is 7.03. The molecule has 2 heteroatoms. The van der Waals surface area contributed by atoms with Crippen molar-refractivity contribution < 1.29 is 4.74 Å². The zero-order chi connectivity index (χ0) is 17.0. The summed E-state index contributed by atoms with van der Waals surface area (Å²) in [7, 11) is 0. The maximum Gasteiger partial charge on any atom is 0.187 e. The molecular formula is C22H27NO. The Labute approximate surface area is 146 Å². The Kier molecular flexibility index (Phi) is 7.90. The van der Waals surface area contributed by atoms with Crippen molar-refractivity contribution in [2.75, 3.05) is 6.61 Å². The minimum Gasteiger partial charge on any atom is -0.494 e. The summed E-state index contributed by atoms with van der Waals surface area (Å²) in [6, 6.07) is 15.9. The molecular weight excluding hydrogens is 294 g/mol. The van der Waals surface area contributed by atoms with Gasteiger partial charge in [-0.1, -0.05) is 81.8 Å². The van der Waals surface area contributed by atoms with E-state index in [-0.39, 0.29) is 0 Å². The van der Waals surface area contributed by atoms with Gasteiger partial charge in [0, 0.05) is 0 Å². The molecule has 0 aliphatic heterocycles. The standard InChI is InChI=1S/C22H27NO/c1-3-4-5-6-7-8-9-18-24-22-16-12-20(13-17-22)19-10-14-21(23-2)15-11-19/h10-17H,3-9,18H2,1H3. The average molecular weight is 321 g/mol. The second kappa shape index (κ2) is 10.5. The smallest absolute Gasteiger partial charge is 0.187 e. The zero-order valence-corrected chi connectivity index (χ0v) is 14.6. The van der Waals surface area contributed by atoms with Crippen molar-refractivity contribution in [2.45, 2.75) is 51.9 Å². The van der Waals surface area contributed by atoms with Crippen molar-refractivity contribution in [3.8, 4) is 16.9 Å². The van der Waals surface area contributed by atoms with Crippen LogP contribution >= 0.6 is 0 Å². The molecule has 0 unspecified atom stereocenters. The Balaban J connectivity index is 1.71.